The van der Waals surface area contributed by atoms with Crippen molar-refractivity contribution >= 4 is 32.6 Å². The molecule has 184 valence electrons. The summed E-state index contributed by atoms with van der Waals surface area (Å²) in [6.45, 7) is 0. The normalized spacial score (nSPS) is 11.2. The second-order valence-electron chi connectivity index (χ2n) is 8.67. The zero-order chi connectivity index (χ0) is 25.5. The quantitative estimate of drug-likeness (QED) is 0.235. The summed E-state index contributed by atoms with van der Waals surface area (Å²) in [5.74, 6) is 3.23. The van der Waals surface area contributed by atoms with Gasteiger partial charge >= 0.3 is 0 Å². The van der Waals surface area contributed by atoms with E-state index in [9.17, 15) is 0 Å². The zero-order valence-electron chi connectivity index (χ0n) is 21.1. The number of hydrogen-bond acceptors (Lipinski definition) is 5. The maximum atomic E-state index is 5.67. The van der Waals surface area contributed by atoms with Crippen molar-refractivity contribution in [1.82, 2.24) is 9.55 Å². The average Bonchev–Trinajstić information content (AvgIpc) is 3.37. The molecule has 0 aliphatic heterocycles. The molecule has 37 heavy (non-hydrogen) atoms. The van der Waals surface area contributed by atoms with Gasteiger partial charge in [0.2, 0.25) is 5.75 Å². The molecule has 0 aliphatic carbocycles. The van der Waals surface area contributed by atoms with E-state index in [2.05, 4.69) is 53.1 Å². The molecule has 0 saturated carbocycles. The molecule has 0 saturated heterocycles. The van der Waals surface area contributed by atoms with Crippen molar-refractivity contribution in [3.63, 3.8) is 0 Å². The van der Waals surface area contributed by atoms with Gasteiger partial charge in [-0.25, -0.2) is 4.98 Å². The van der Waals surface area contributed by atoms with E-state index in [1.54, 1.807) is 28.4 Å². The van der Waals surface area contributed by atoms with Gasteiger partial charge in [-0.2, -0.15) is 0 Å². The Morgan fingerprint density at radius 1 is 0.595 bits per heavy atom. The van der Waals surface area contributed by atoms with E-state index in [-0.39, 0.29) is 0 Å². The van der Waals surface area contributed by atoms with Crippen LogP contribution in [0.15, 0.2) is 84.9 Å². The molecule has 0 bridgehead atoms. The molecule has 0 unspecified atom stereocenters. The van der Waals surface area contributed by atoms with E-state index in [4.69, 9.17) is 23.9 Å². The van der Waals surface area contributed by atoms with Gasteiger partial charge in [0.15, 0.2) is 11.5 Å². The fourth-order valence-corrected chi connectivity index (χ4v) is 5.09. The predicted molar refractivity (Wildman–Crippen MR) is 148 cm³/mol. The number of nitrogens with zero attached hydrogens (tertiary/aromatic N) is 2. The largest absolute Gasteiger partial charge is 0.497 e. The van der Waals surface area contributed by atoms with Crippen LogP contribution in [0.5, 0.6) is 23.0 Å². The van der Waals surface area contributed by atoms with Crippen LogP contribution in [-0.4, -0.2) is 38.0 Å². The first-order valence-electron chi connectivity index (χ1n) is 11.9. The van der Waals surface area contributed by atoms with Crippen LogP contribution in [0.1, 0.15) is 0 Å². The number of rotatable bonds is 6. The van der Waals surface area contributed by atoms with E-state index in [1.807, 2.05) is 36.4 Å². The number of methoxy groups -OCH3 is 4. The molecule has 0 fully saturated rings. The minimum Gasteiger partial charge on any atom is -0.497 e. The van der Waals surface area contributed by atoms with E-state index in [1.165, 1.54) is 10.8 Å². The lowest BCUT2D eigenvalue weighted by Crippen LogP contribution is -2.00. The molecule has 1 aromatic heterocycles. The van der Waals surface area contributed by atoms with Crippen LogP contribution in [0.2, 0.25) is 0 Å². The second-order valence-corrected chi connectivity index (χ2v) is 8.67. The summed E-state index contributed by atoms with van der Waals surface area (Å²) in [7, 11) is 6.51. The van der Waals surface area contributed by atoms with Crippen LogP contribution in [0, 0.1) is 0 Å². The Hall–Kier alpha value is -4.71. The summed E-state index contributed by atoms with van der Waals surface area (Å²) >= 11 is 0. The molecule has 6 nitrogen and oxygen atoms in total. The molecular formula is C31H26N2O4. The van der Waals surface area contributed by atoms with Crippen molar-refractivity contribution in [3.8, 4) is 40.1 Å². The number of imidazole rings is 1. The molecule has 5 aromatic carbocycles. The van der Waals surface area contributed by atoms with Crippen LogP contribution in [0.4, 0.5) is 0 Å². The molecule has 0 spiro atoms. The number of fused-ring (bicyclic) bond motifs is 6. The fraction of sp³-hybridized carbons (Fsp3) is 0.129. The van der Waals surface area contributed by atoms with Crippen molar-refractivity contribution in [1.29, 1.82) is 0 Å². The summed E-state index contributed by atoms with van der Waals surface area (Å²) in [5, 5.41) is 4.56. The lowest BCUT2D eigenvalue weighted by Gasteiger charge is -2.16. The van der Waals surface area contributed by atoms with E-state index in [0.717, 1.165) is 44.6 Å². The second kappa shape index (κ2) is 9.06. The van der Waals surface area contributed by atoms with Crippen molar-refractivity contribution < 1.29 is 18.9 Å². The van der Waals surface area contributed by atoms with Gasteiger partial charge in [-0.1, -0.05) is 48.5 Å². The monoisotopic (exact) mass is 490 g/mol. The molecule has 0 aliphatic rings. The highest BCUT2D eigenvalue weighted by Gasteiger charge is 2.22. The van der Waals surface area contributed by atoms with Gasteiger partial charge in [0.05, 0.1) is 39.5 Å². The smallest absolute Gasteiger partial charge is 0.203 e. The first-order chi connectivity index (χ1) is 18.2. The van der Waals surface area contributed by atoms with E-state index < -0.39 is 0 Å². The van der Waals surface area contributed by atoms with E-state index in [0.29, 0.717) is 17.2 Å². The van der Waals surface area contributed by atoms with Crippen molar-refractivity contribution in [3.05, 3.63) is 84.9 Å². The van der Waals surface area contributed by atoms with Crippen LogP contribution in [-0.2, 0) is 0 Å². The molecule has 0 N–H and O–H groups in total. The summed E-state index contributed by atoms with van der Waals surface area (Å²) in [4.78, 5) is 5.27. The minimum atomic E-state index is 0.539. The predicted octanol–water partition coefficient (Wildman–Crippen LogP) is 7.03. The third-order valence-electron chi connectivity index (χ3n) is 6.79. The average molecular weight is 491 g/mol. The lowest BCUT2D eigenvalue weighted by molar-refractivity contribution is 0.324. The number of ether oxygens (including phenoxy) is 4. The maximum Gasteiger partial charge on any atom is 0.203 e. The molecule has 6 heteroatoms. The van der Waals surface area contributed by atoms with Gasteiger partial charge in [-0.05, 0) is 47.2 Å². The summed E-state index contributed by atoms with van der Waals surface area (Å²) in [6, 6.07) is 28.8. The molecule has 6 aromatic rings. The Bertz CT molecular complexity index is 1750. The van der Waals surface area contributed by atoms with Crippen molar-refractivity contribution in [2.45, 2.75) is 0 Å². The first kappa shape index (κ1) is 22.7. The van der Waals surface area contributed by atoms with Gasteiger partial charge < -0.3 is 18.9 Å². The highest BCUT2D eigenvalue weighted by Crippen LogP contribution is 2.44. The van der Waals surface area contributed by atoms with E-state index >= 15 is 0 Å². The van der Waals surface area contributed by atoms with Crippen LogP contribution >= 0.6 is 0 Å². The molecule has 1 heterocycles. The molecule has 0 atom stereocenters. The highest BCUT2D eigenvalue weighted by molar-refractivity contribution is 6.24. The molecule has 0 radical (unpaired) electrons. The van der Waals surface area contributed by atoms with Gasteiger partial charge in [-0.3, -0.25) is 4.57 Å². The Balaban J connectivity index is 1.79. The zero-order valence-corrected chi connectivity index (χ0v) is 21.1. The number of hydrogen-bond donors (Lipinski definition) is 0. The van der Waals surface area contributed by atoms with Crippen molar-refractivity contribution in [2.24, 2.45) is 0 Å². The Morgan fingerprint density at radius 2 is 1.16 bits per heavy atom. The van der Waals surface area contributed by atoms with Gasteiger partial charge in [0.25, 0.3) is 0 Å². The SMILES string of the molecule is COc1ccc(-n2c(-c3cc(OC)c(OC)c(OC)c3)nc3c4ccccc4c4ccccc4c32)cc1. The molecule has 0 amide bonds. The van der Waals surface area contributed by atoms with Crippen LogP contribution < -0.4 is 18.9 Å². The highest BCUT2D eigenvalue weighted by atomic mass is 16.5. The van der Waals surface area contributed by atoms with Crippen LogP contribution in [0.25, 0.3) is 49.7 Å². The molecule has 6 rings (SSSR count). The third-order valence-corrected chi connectivity index (χ3v) is 6.79. The summed E-state index contributed by atoms with van der Waals surface area (Å²) in [5.41, 5.74) is 3.76. The standard InChI is InChI=1S/C31H26N2O4/c1-34-21-15-13-20(14-16-21)33-29-25-12-8-6-10-23(25)22-9-5-7-11-24(22)28(29)32-31(33)19-17-26(35-2)30(37-4)27(18-19)36-3/h5-18H,1-4H3. The maximum absolute atomic E-state index is 5.67. The minimum absolute atomic E-state index is 0.539. The number of benzene rings is 5. The molecular weight excluding hydrogens is 464 g/mol. The fourth-order valence-electron chi connectivity index (χ4n) is 5.09. The van der Waals surface area contributed by atoms with Crippen LogP contribution in [0.3, 0.4) is 0 Å². The van der Waals surface area contributed by atoms with Crippen molar-refractivity contribution in [2.75, 3.05) is 28.4 Å². The summed E-state index contributed by atoms with van der Waals surface area (Å²) < 4.78 is 24.5. The van der Waals surface area contributed by atoms with Gasteiger partial charge in [0.1, 0.15) is 11.6 Å². The van der Waals surface area contributed by atoms with Gasteiger partial charge in [-0.15, -0.1) is 0 Å². The Morgan fingerprint density at radius 3 is 1.73 bits per heavy atom. The summed E-state index contributed by atoms with van der Waals surface area (Å²) in [6.07, 6.45) is 0. The Labute approximate surface area is 214 Å². The Kier molecular flexibility index (Phi) is 5.57. The lowest BCUT2D eigenvalue weighted by atomic mass is 10.00. The topological polar surface area (TPSA) is 54.7 Å². The third kappa shape index (κ3) is 3.52. The number of aromatic nitrogens is 2. The van der Waals surface area contributed by atoms with Gasteiger partial charge in [0, 0.05) is 22.0 Å². The first-order valence-corrected chi connectivity index (χ1v) is 11.9.